The molecule has 0 heterocycles. The van der Waals surface area contributed by atoms with Gasteiger partial charge < -0.3 is 4.90 Å². The zero-order valence-electron chi connectivity index (χ0n) is 11.7. The van der Waals surface area contributed by atoms with Crippen LogP contribution in [0.2, 0.25) is 0 Å². The van der Waals surface area contributed by atoms with Crippen LogP contribution < -0.4 is 0 Å². The molecular weight excluding hydrogens is 194 g/mol. The molecule has 0 aromatic rings. The molecule has 0 radical (unpaired) electrons. The Labute approximate surface area is 103 Å². The number of unbranched alkanes of at least 4 members (excludes halogenated alkanes) is 1. The van der Waals surface area contributed by atoms with Crippen LogP contribution in [0.15, 0.2) is 0 Å². The van der Waals surface area contributed by atoms with Crippen LogP contribution in [0.3, 0.4) is 0 Å². The predicted molar refractivity (Wildman–Crippen MR) is 72.8 cm³/mol. The molecule has 1 saturated carbocycles. The molecule has 0 aromatic carbocycles. The standard InChI is InChI=1S/C15H31N/c1-4-16(13-9-8-10-14(2)3)15-11-6-5-7-12-15/h14-15H,4-13H2,1-3H3. The van der Waals surface area contributed by atoms with Gasteiger partial charge in [0.2, 0.25) is 0 Å². The van der Waals surface area contributed by atoms with Crippen molar-refractivity contribution in [3.05, 3.63) is 0 Å². The SMILES string of the molecule is CCN(CCCCC(C)C)C1CCCCC1. The Morgan fingerprint density at radius 1 is 1.06 bits per heavy atom. The third kappa shape index (κ3) is 5.34. The number of nitrogens with zero attached hydrogens (tertiary/aromatic N) is 1. The molecular formula is C15H31N. The minimum atomic E-state index is 0.879. The lowest BCUT2D eigenvalue weighted by Crippen LogP contribution is -2.37. The van der Waals surface area contributed by atoms with E-state index in [4.69, 9.17) is 0 Å². The largest absolute Gasteiger partial charge is 0.301 e. The van der Waals surface area contributed by atoms with E-state index in [1.807, 2.05) is 0 Å². The number of hydrogen-bond acceptors (Lipinski definition) is 1. The Kier molecular flexibility index (Phi) is 7.11. The maximum atomic E-state index is 2.74. The molecule has 1 nitrogen and oxygen atoms in total. The highest BCUT2D eigenvalue weighted by atomic mass is 15.1. The molecule has 1 rings (SSSR count). The second kappa shape index (κ2) is 8.11. The van der Waals surface area contributed by atoms with Gasteiger partial charge in [0.25, 0.3) is 0 Å². The van der Waals surface area contributed by atoms with Crippen molar-refractivity contribution in [2.45, 2.75) is 78.2 Å². The highest BCUT2D eigenvalue weighted by molar-refractivity contribution is 4.75. The van der Waals surface area contributed by atoms with Crippen molar-refractivity contribution in [3.63, 3.8) is 0 Å². The van der Waals surface area contributed by atoms with Crippen LogP contribution in [0, 0.1) is 5.92 Å². The van der Waals surface area contributed by atoms with Gasteiger partial charge in [-0.05, 0) is 38.3 Å². The molecule has 1 aliphatic carbocycles. The van der Waals surface area contributed by atoms with Gasteiger partial charge in [0.1, 0.15) is 0 Å². The smallest absolute Gasteiger partial charge is 0.00951 e. The normalized spacial score (nSPS) is 18.6. The van der Waals surface area contributed by atoms with E-state index in [0.717, 1.165) is 12.0 Å². The van der Waals surface area contributed by atoms with Crippen molar-refractivity contribution in [3.8, 4) is 0 Å². The second-order valence-corrected chi connectivity index (χ2v) is 5.81. The highest BCUT2D eigenvalue weighted by Crippen LogP contribution is 2.22. The Morgan fingerprint density at radius 3 is 2.31 bits per heavy atom. The van der Waals surface area contributed by atoms with Crippen molar-refractivity contribution in [2.75, 3.05) is 13.1 Å². The summed E-state index contributed by atoms with van der Waals surface area (Å²) in [6.07, 6.45) is 11.5. The molecule has 0 bridgehead atoms. The van der Waals surface area contributed by atoms with Crippen molar-refractivity contribution in [1.82, 2.24) is 4.90 Å². The Morgan fingerprint density at radius 2 is 1.75 bits per heavy atom. The average Bonchev–Trinajstić information content (AvgIpc) is 2.30. The van der Waals surface area contributed by atoms with E-state index < -0.39 is 0 Å². The monoisotopic (exact) mass is 225 g/mol. The lowest BCUT2D eigenvalue weighted by molar-refractivity contribution is 0.160. The molecule has 0 aliphatic heterocycles. The van der Waals surface area contributed by atoms with Crippen LogP contribution >= 0.6 is 0 Å². The zero-order valence-corrected chi connectivity index (χ0v) is 11.7. The van der Waals surface area contributed by atoms with Gasteiger partial charge in [-0.15, -0.1) is 0 Å². The molecule has 16 heavy (non-hydrogen) atoms. The van der Waals surface area contributed by atoms with E-state index in [-0.39, 0.29) is 0 Å². The van der Waals surface area contributed by atoms with E-state index in [2.05, 4.69) is 25.7 Å². The van der Waals surface area contributed by atoms with Gasteiger partial charge in [0, 0.05) is 6.04 Å². The molecule has 0 N–H and O–H groups in total. The molecule has 0 unspecified atom stereocenters. The minimum Gasteiger partial charge on any atom is -0.301 e. The van der Waals surface area contributed by atoms with Gasteiger partial charge in [-0.3, -0.25) is 0 Å². The van der Waals surface area contributed by atoms with Crippen LogP contribution in [-0.2, 0) is 0 Å². The van der Waals surface area contributed by atoms with Crippen molar-refractivity contribution >= 4 is 0 Å². The van der Waals surface area contributed by atoms with E-state index in [0.29, 0.717) is 0 Å². The maximum Gasteiger partial charge on any atom is 0.00951 e. The van der Waals surface area contributed by atoms with Gasteiger partial charge in [0.05, 0.1) is 0 Å². The first kappa shape index (κ1) is 14.0. The summed E-state index contributed by atoms with van der Waals surface area (Å²) >= 11 is 0. The number of rotatable bonds is 7. The summed E-state index contributed by atoms with van der Waals surface area (Å²) in [5.74, 6) is 0.879. The van der Waals surface area contributed by atoms with Gasteiger partial charge in [-0.2, -0.15) is 0 Å². The van der Waals surface area contributed by atoms with Gasteiger partial charge in [-0.25, -0.2) is 0 Å². The fourth-order valence-electron chi connectivity index (χ4n) is 2.91. The maximum absolute atomic E-state index is 2.74. The lowest BCUT2D eigenvalue weighted by Gasteiger charge is -2.33. The molecule has 0 spiro atoms. The fourth-order valence-corrected chi connectivity index (χ4v) is 2.91. The van der Waals surface area contributed by atoms with Crippen LogP contribution in [0.4, 0.5) is 0 Å². The van der Waals surface area contributed by atoms with Gasteiger partial charge in [-0.1, -0.05) is 52.9 Å². The molecule has 96 valence electrons. The van der Waals surface area contributed by atoms with E-state index in [1.54, 1.807) is 0 Å². The van der Waals surface area contributed by atoms with E-state index in [9.17, 15) is 0 Å². The molecule has 0 aromatic heterocycles. The lowest BCUT2D eigenvalue weighted by atomic mass is 9.94. The summed E-state index contributed by atoms with van der Waals surface area (Å²) in [4.78, 5) is 2.74. The molecule has 1 heteroatoms. The zero-order chi connectivity index (χ0) is 11.8. The molecule has 0 atom stereocenters. The summed E-state index contributed by atoms with van der Waals surface area (Å²) in [5, 5.41) is 0. The summed E-state index contributed by atoms with van der Waals surface area (Å²) in [7, 11) is 0. The van der Waals surface area contributed by atoms with Gasteiger partial charge in [0.15, 0.2) is 0 Å². The van der Waals surface area contributed by atoms with E-state index >= 15 is 0 Å². The first-order valence-electron chi connectivity index (χ1n) is 7.48. The quantitative estimate of drug-likeness (QED) is 0.578. The first-order valence-corrected chi connectivity index (χ1v) is 7.48. The molecule has 0 amide bonds. The first-order chi connectivity index (χ1) is 7.74. The molecule has 0 saturated heterocycles. The summed E-state index contributed by atoms with van der Waals surface area (Å²) < 4.78 is 0. The Hall–Kier alpha value is -0.0400. The third-order valence-corrected chi connectivity index (χ3v) is 3.97. The second-order valence-electron chi connectivity index (χ2n) is 5.81. The summed E-state index contributed by atoms with van der Waals surface area (Å²) in [5.41, 5.74) is 0. The van der Waals surface area contributed by atoms with E-state index in [1.165, 1.54) is 64.5 Å². The van der Waals surface area contributed by atoms with Crippen molar-refractivity contribution < 1.29 is 0 Å². The summed E-state index contributed by atoms with van der Waals surface area (Å²) in [6, 6.07) is 0.915. The predicted octanol–water partition coefficient (Wildman–Crippen LogP) is 4.47. The van der Waals surface area contributed by atoms with Crippen LogP contribution in [0.1, 0.15) is 72.1 Å². The number of hydrogen-bond donors (Lipinski definition) is 0. The Balaban J connectivity index is 2.15. The topological polar surface area (TPSA) is 3.24 Å². The van der Waals surface area contributed by atoms with Crippen molar-refractivity contribution in [1.29, 1.82) is 0 Å². The summed E-state index contributed by atoms with van der Waals surface area (Å²) in [6.45, 7) is 9.59. The molecule has 1 aliphatic rings. The fraction of sp³-hybridized carbons (Fsp3) is 1.00. The average molecular weight is 225 g/mol. The minimum absolute atomic E-state index is 0.879. The van der Waals surface area contributed by atoms with Crippen molar-refractivity contribution in [2.24, 2.45) is 5.92 Å². The molecule has 1 fully saturated rings. The highest BCUT2D eigenvalue weighted by Gasteiger charge is 2.18. The van der Waals surface area contributed by atoms with Gasteiger partial charge >= 0.3 is 0 Å². The van der Waals surface area contributed by atoms with Crippen LogP contribution in [0.25, 0.3) is 0 Å². The van der Waals surface area contributed by atoms with Crippen LogP contribution in [-0.4, -0.2) is 24.0 Å². The van der Waals surface area contributed by atoms with Crippen LogP contribution in [0.5, 0.6) is 0 Å². The Bertz CT molecular complexity index is 159. The third-order valence-electron chi connectivity index (χ3n) is 3.97.